The van der Waals surface area contributed by atoms with Crippen LogP contribution in [-0.2, 0) is 9.84 Å². The maximum absolute atomic E-state index is 13.5. The number of nitrogens with zero attached hydrogens (tertiary/aromatic N) is 3. The molecule has 35 heavy (non-hydrogen) atoms. The van der Waals surface area contributed by atoms with Gasteiger partial charge in [0.25, 0.3) is 5.91 Å². The van der Waals surface area contributed by atoms with Gasteiger partial charge in [-0.3, -0.25) is 4.79 Å². The van der Waals surface area contributed by atoms with Crippen molar-refractivity contribution in [3.63, 3.8) is 0 Å². The predicted molar refractivity (Wildman–Crippen MR) is 136 cm³/mol. The topological polar surface area (TPSA) is 103 Å². The molecule has 1 aliphatic rings. The first-order valence-corrected chi connectivity index (χ1v) is 13.2. The summed E-state index contributed by atoms with van der Waals surface area (Å²) in [5.41, 5.74) is 4.81. The van der Waals surface area contributed by atoms with Crippen LogP contribution in [0.25, 0.3) is 22.3 Å². The highest BCUT2D eigenvalue weighted by atomic mass is 32.2. The number of anilines is 1. The summed E-state index contributed by atoms with van der Waals surface area (Å²) in [5, 5.41) is 8.23. The van der Waals surface area contributed by atoms with Gasteiger partial charge in [0.15, 0.2) is 15.5 Å². The molecule has 0 saturated carbocycles. The molecule has 1 aliphatic heterocycles. The van der Waals surface area contributed by atoms with Gasteiger partial charge in [-0.1, -0.05) is 29.8 Å². The number of amides is 1. The third-order valence-corrected chi connectivity index (χ3v) is 8.08. The molecule has 1 N–H and O–H groups in total. The van der Waals surface area contributed by atoms with Crippen molar-refractivity contribution in [2.75, 3.05) is 23.9 Å². The van der Waals surface area contributed by atoms with Gasteiger partial charge in [-0.15, -0.1) is 0 Å². The molecule has 2 aromatic carbocycles. The molecule has 1 atom stereocenters. The van der Waals surface area contributed by atoms with E-state index in [2.05, 4.69) is 10.4 Å². The smallest absolute Gasteiger partial charge is 0.256 e. The second-order valence-electron chi connectivity index (χ2n) is 8.89. The standard InChI is InChI=1S/C26H26N4O4S/c1-16-4-6-18(7-5-16)23-14-22(26(31)27-19-8-10-21(34-3)11-9-19)24-17(2)29-30(25(24)28-23)20-12-13-35(32,33)15-20/h4-11,14,20H,12-13,15H2,1-3H3,(H,27,31)/t20-/m0/s1. The number of carbonyl (C=O) groups is 1. The van der Waals surface area contributed by atoms with Crippen molar-refractivity contribution >= 4 is 32.5 Å². The Kier molecular flexibility index (Phi) is 5.80. The van der Waals surface area contributed by atoms with Gasteiger partial charge >= 0.3 is 0 Å². The normalized spacial score (nSPS) is 16.9. The first kappa shape index (κ1) is 23.0. The van der Waals surface area contributed by atoms with Crippen LogP contribution in [-0.4, -0.2) is 47.7 Å². The van der Waals surface area contributed by atoms with Gasteiger partial charge in [-0.2, -0.15) is 5.10 Å². The average molecular weight is 491 g/mol. The molecule has 3 heterocycles. The molecule has 1 saturated heterocycles. The van der Waals surface area contributed by atoms with Crippen molar-refractivity contribution in [3.05, 3.63) is 71.4 Å². The minimum absolute atomic E-state index is 0.0209. The first-order chi connectivity index (χ1) is 16.7. The number of pyridine rings is 1. The van der Waals surface area contributed by atoms with E-state index in [4.69, 9.17) is 9.72 Å². The maximum atomic E-state index is 13.5. The van der Waals surface area contributed by atoms with Crippen LogP contribution in [0.5, 0.6) is 5.75 Å². The van der Waals surface area contributed by atoms with Gasteiger partial charge in [0.1, 0.15) is 5.75 Å². The van der Waals surface area contributed by atoms with E-state index < -0.39 is 9.84 Å². The highest BCUT2D eigenvalue weighted by Gasteiger charge is 2.32. The fraction of sp³-hybridized carbons (Fsp3) is 0.269. The number of aromatic nitrogens is 3. The van der Waals surface area contributed by atoms with Crippen molar-refractivity contribution in [2.24, 2.45) is 0 Å². The van der Waals surface area contributed by atoms with Crippen LogP contribution in [0.4, 0.5) is 5.69 Å². The fourth-order valence-electron chi connectivity index (χ4n) is 4.46. The SMILES string of the molecule is COc1ccc(NC(=O)c2cc(-c3ccc(C)cc3)nc3c2c(C)nn3[C@H]2CCS(=O)(=O)C2)cc1. The van der Waals surface area contributed by atoms with Crippen molar-refractivity contribution in [1.29, 1.82) is 0 Å². The van der Waals surface area contributed by atoms with E-state index in [-0.39, 0.29) is 23.5 Å². The summed E-state index contributed by atoms with van der Waals surface area (Å²) in [4.78, 5) is 18.4. The second-order valence-corrected chi connectivity index (χ2v) is 11.1. The lowest BCUT2D eigenvalue weighted by atomic mass is 10.0. The second kappa shape index (κ2) is 8.81. The van der Waals surface area contributed by atoms with Crippen LogP contribution >= 0.6 is 0 Å². The monoisotopic (exact) mass is 490 g/mol. The molecule has 9 heteroatoms. The molecule has 0 aliphatic carbocycles. The molecule has 1 amide bonds. The van der Waals surface area contributed by atoms with E-state index >= 15 is 0 Å². The molecule has 2 aromatic heterocycles. The summed E-state index contributed by atoms with van der Waals surface area (Å²) in [7, 11) is -1.53. The molecule has 4 aromatic rings. The number of fused-ring (bicyclic) bond motifs is 1. The Morgan fingerprint density at radius 1 is 1.09 bits per heavy atom. The Labute approximate surface area is 203 Å². The van der Waals surface area contributed by atoms with Gasteiger partial charge in [0.2, 0.25) is 0 Å². The lowest BCUT2D eigenvalue weighted by Gasteiger charge is -2.13. The molecule has 0 spiro atoms. The first-order valence-electron chi connectivity index (χ1n) is 11.4. The van der Waals surface area contributed by atoms with Gasteiger partial charge in [0, 0.05) is 11.3 Å². The number of aryl methyl sites for hydroxylation is 2. The van der Waals surface area contributed by atoms with Crippen molar-refractivity contribution < 1.29 is 17.9 Å². The Hall–Kier alpha value is -3.72. The van der Waals surface area contributed by atoms with E-state index in [1.165, 1.54) is 0 Å². The van der Waals surface area contributed by atoms with Gasteiger partial charge in [-0.25, -0.2) is 18.1 Å². The number of ether oxygens (including phenoxy) is 1. The Balaban J connectivity index is 1.64. The molecule has 0 radical (unpaired) electrons. The number of benzene rings is 2. The lowest BCUT2D eigenvalue weighted by Crippen LogP contribution is -2.15. The third-order valence-electron chi connectivity index (χ3n) is 6.33. The summed E-state index contributed by atoms with van der Waals surface area (Å²) < 4.78 is 31.2. The molecule has 8 nitrogen and oxygen atoms in total. The quantitative estimate of drug-likeness (QED) is 0.447. The van der Waals surface area contributed by atoms with Gasteiger partial charge in [0.05, 0.1) is 47.0 Å². The highest BCUT2D eigenvalue weighted by Crippen LogP contribution is 2.32. The zero-order chi connectivity index (χ0) is 24.7. The summed E-state index contributed by atoms with van der Waals surface area (Å²) in [6, 6.07) is 16.5. The Bertz CT molecular complexity index is 1520. The van der Waals surface area contributed by atoms with E-state index in [1.807, 2.05) is 38.1 Å². The number of methoxy groups -OCH3 is 1. The number of rotatable bonds is 5. The van der Waals surface area contributed by atoms with Crippen LogP contribution in [0.2, 0.25) is 0 Å². The maximum Gasteiger partial charge on any atom is 0.256 e. The zero-order valence-electron chi connectivity index (χ0n) is 19.8. The summed E-state index contributed by atoms with van der Waals surface area (Å²) >= 11 is 0. The van der Waals surface area contributed by atoms with E-state index in [1.54, 1.807) is 42.1 Å². The predicted octanol–water partition coefficient (Wildman–Crippen LogP) is 4.34. The van der Waals surface area contributed by atoms with Crippen molar-refractivity contribution in [3.8, 4) is 17.0 Å². The third kappa shape index (κ3) is 4.51. The average Bonchev–Trinajstić information content (AvgIpc) is 3.38. The summed E-state index contributed by atoms with van der Waals surface area (Å²) in [6.07, 6.45) is 0.475. The summed E-state index contributed by atoms with van der Waals surface area (Å²) in [5.74, 6) is 0.547. The zero-order valence-corrected chi connectivity index (χ0v) is 20.6. The molecule has 180 valence electrons. The molecular formula is C26H26N4O4S. The minimum Gasteiger partial charge on any atom is -0.497 e. The van der Waals surface area contributed by atoms with E-state index in [0.29, 0.717) is 45.8 Å². The van der Waals surface area contributed by atoms with Crippen LogP contribution < -0.4 is 10.1 Å². The molecule has 5 rings (SSSR count). The number of nitrogens with one attached hydrogen (secondary N) is 1. The largest absolute Gasteiger partial charge is 0.497 e. The molecule has 1 fully saturated rings. The van der Waals surface area contributed by atoms with Crippen LogP contribution in [0, 0.1) is 13.8 Å². The van der Waals surface area contributed by atoms with Crippen LogP contribution in [0.1, 0.15) is 34.1 Å². The number of hydrogen-bond acceptors (Lipinski definition) is 6. The number of carbonyl (C=O) groups excluding carboxylic acids is 1. The van der Waals surface area contributed by atoms with E-state index in [9.17, 15) is 13.2 Å². The Morgan fingerprint density at radius 2 is 1.80 bits per heavy atom. The van der Waals surface area contributed by atoms with E-state index in [0.717, 1.165) is 11.1 Å². The van der Waals surface area contributed by atoms with Crippen molar-refractivity contribution in [1.82, 2.24) is 14.8 Å². The Morgan fingerprint density at radius 3 is 2.43 bits per heavy atom. The van der Waals surface area contributed by atoms with Crippen LogP contribution in [0.3, 0.4) is 0 Å². The highest BCUT2D eigenvalue weighted by molar-refractivity contribution is 7.91. The van der Waals surface area contributed by atoms with Gasteiger partial charge < -0.3 is 10.1 Å². The molecule has 0 unspecified atom stereocenters. The van der Waals surface area contributed by atoms with Gasteiger partial charge in [-0.05, 0) is 50.6 Å². The number of sulfone groups is 1. The fourth-order valence-corrected chi connectivity index (χ4v) is 6.15. The van der Waals surface area contributed by atoms with Crippen molar-refractivity contribution in [2.45, 2.75) is 26.3 Å². The molecule has 0 bridgehead atoms. The summed E-state index contributed by atoms with van der Waals surface area (Å²) in [6.45, 7) is 3.83. The lowest BCUT2D eigenvalue weighted by molar-refractivity contribution is 0.102. The minimum atomic E-state index is -3.12. The van der Waals surface area contributed by atoms with Crippen LogP contribution in [0.15, 0.2) is 54.6 Å². The number of hydrogen-bond donors (Lipinski definition) is 1. The molecular weight excluding hydrogens is 464 g/mol.